The van der Waals surface area contributed by atoms with E-state index in [0.717, 1.165) is 61.0 Å². The van der Waals surface area contributed by atoms with Crippen molar-refractivity contribution in [2.75, 3.05) is 6.61 Å². The van der Waals surface area contributed by atoms with Crippen LogP contribution in [0.4, 0.5) is 0 Å². The third kappa shape index (κ3) is 7.14. The first-order chi connectivity index (χ1) is 17.0. The number of aliphatic hydroxyl groups excluding tert-OH is 1. The molecule has 4 rings (SSSR count). The van der Waals surface area contributed by atoms with Crippen molar-refractivity contribution < 1.29 is 24.5 Å². The predicted molar refractivity (Wildman–Crippen MR) is 140 cm³/mol. The first kappa shape index (κ1) is 25.8. The number of hydrogen-bond donors (Lipinski definition) is 2. The van der Waals surface area contributed by atoms with Crippen LogP contribution in [0.3, 0.4) is 0 Å². The predicted octanol–water partition coefficient (Wildman–Crippen LogP) is 6.80. The van der Waals surface area contributed by atoms with Gasteiger partial charge in [0.1, 0.15) is 6.10 Å². The van der Waals surface area contributed by atoms with E-state index in [0.29, 0.717) is 6.42 Å². The summed E-state index contributed by atoms with van der Waals surface area (Å²) in [5, 5.41) is 20.9. The lowest BCUT2D eigenvalue weighted by Gasteiger charge is -2.29. The molecule has 2 N–H and O–H groups in total. The Hall–Kier alpha value is -2.25. The van der Waals surface area contributed by atoms with Crippen molar-refractivity contribution in [3.8, 4) is 0 Å². The lowest BCUT2D eigenvalue weighted by molar-refractivity contribution is -0.192. The molecule has 6 heteroatoms. The number of carboxylic acid groups (broad SMARTS) is 1. The minimum Gasteiger partial charge on any atom is -0.481 e. The van der Waals surface area contributed by atoms with Gasteiger partial charge in [-0.3, -0.25) is 4.79 Å². The summed E-state index contributed by atoms with van der Waals surface area (Å²) in [5.74, 6) is -0.444. The highest BCUT2D eigenvalue weighted by molar-refractivity contribution is 7.19. The number of allylic oxidation sites excluding steroid dienone is 2. The number of aliphatic carboxylic acids is 1. The molecule has 1 aromatic heterocycles. The van der Waals surface area contributed by atoms with E-state index in [4.69, 9.17) is 14.6 Å². The molecule has 0 bridgehead atoms. The van der Waals surface area contributed by atoms with Gasteiger partial charge in [-0.25, -0.2) is 0 Å². The van der Waals surface area contributed by atoms with Crippen LogP contribution in [-0.2, 0) is 14.3 Å². The largest absolute Gasteiger partial charge is 0.481 e. The lowest BCUT2D eigenvalue weighted by atomic mass is 9.89. The van der Waals surface area contributed by atoms with Gasteiger partial charge in [-0.2, -0.15) is 0 Å². The highest BCUT2D eigenvalue weighted by Crippen LogP contribution is 2.42. The summed E-state index contributed by atoms with van der Waals surface area (Å²) < 4.78 is 13.4. The van der Waals surface area contributed by atoms with E-state index >= 15 is 0 Å². The zero-order valence-corrected chi connectivity index (χ0v) is 21.0. The van der Waals surface area contributed by atoms with E-state index in [1.54, 1.807) is 11.3 Å². The molecule has 5 nitrogen and oxygen atoms in total. The minimum atomic E-state index is -0.755. The molecule has 35 heavy (non-hydrogen) atoms. The quantitative estimate of drug-likeness (QED) is 0.264. The maximum absolute atomic E-state index is 10.9. The van der Waals surface area contributed by atoms with Crippen molar-refractivity contribution in [1.29, 1.82) is 0 Å². The molecule has 2 heterocycles. The number of ether oxygens (including phenoxy) is 2. The van der Waals surface area contributed by atoms with E-state index in [1.807, 2.05) is 18.2 Å². The molecule has 0 radical (unpaired) electrons. The zero-order valence-electron chi connectivity index (χ0n) is 20.2. The highest BCUT2D eigenvalue weighted by atomic mass is 32.1. The molecule has 2 fully saturated rings. The van der Waals surface area contributed by atoms with Crippen molar-refractivity contribution in [2.45, 2.75) is 69.9 Å². The maximum atomic E-state index is 10.9. The van der Waals surface area contributed by atoms with E-state index < -0.39 is 12.1 Å². The summed E-state index contributed by atoms with van der Waals surface area (Å²) in [6.45, 7) is 5.10. The molecular weight excluding hydrogens is 460 g/mol. The fourth-order valence-corrected chi connectivity index (χ4v) is 6.05. The molecule has 1 aliphatic heterocycles. The third-order valence-electron chi connectivity index (χ3n) is 6.92. The number of rotatable bonds is 11. The van der Waals surface area contributed by atoms with E-state index in [9.17, 15) is 9.90 Å². The van der Waals surface area contributed by atoms with Gasteiger partial charge in [-0.1, -0.05) is 54.7 Å². The first-order valence-corrected chi connectivity index (χ1v) is 13.5. The Balaban J connectivity index is 1.45. The van der Waals surface area contributed by atoms with Gasteiger partial charge in [-0.05, 0) is 68.4 Å². The van der Waals surface area contributed by atoms with Gasteiger partial charge in [-0.15, -0.1) is 11.3 Å². The smallest absolute Gasteiger partial charge is 0.303 e. The summed E-state index contributed by atoms with van der Waals surface area (Å²) in [6, 6.07) is 10.2. The van der Waals surface area contributed by atoms with Crippen LogP contribution in [0.2, 0.25) is 0 Å². The van der Waals surface area contributed by atoms with Gasteiger partial charge in [0.25, 0.3) is 0 Å². The minimum absolute atomic E-state index is 0.0260. The Morgan fingerprint density at radius 3 is 2.91 bits per heavy atom. The SMILES string of the molecule is C=C1C[C@@H](OC2CCCCO2)[C@H](C=CC(O)c2cc3ccccc3s2)[C@H]1CC=CCCCC(=O)O. The standard InChI is InChI=1S/C29H36O5S/c1-20-18-25(34-29-14-8-9-17-33-29)23(22(20)11-4-2-3-5-13-28(31)32)15-16-24(30)27-19-21-10-6-7-12-26(21)35-27/h2,4,6-7,10,12,15-16,19,22-25,29-30H,1,3,5,8-9,11,13-14,17-18H2,(H,31,32)/t22-,23+,24?,25+,29?/m0/s1. The van der Waals surface area contributed by atoms with Crippen LogP contribution in [0, 0.1) is 11.8 Å². The second-order valence-corrected chi connectivity index (χ2v) is 10.6. The van der Waals surface area contributed by atoms with Crippen LogP contribution >= 0.6 is 11.3 Å². The second-order valence-electron chi connectivity index (χ2n) is 9.53. The number of hydrogen-bond acceptors (Lipinski definition) is 5. The highest BCUT2D eigenvalue weighted by Gasteiger charge is 2.39. The molecule has 0 spiro atoms. The van der Waals surface area contributed by atoms with Gasteiger partial charge >= 0.3 is 5.97 Å². The van der Waals surface area contributed by atoms with Crippen LogP contribution in [0.1, 0.15) is 62.3 Å². The van der Waals surface area contributed by atoms with Crippen LogP contribution < -0.4 is 0 Å². The molecular formula is C29H36O5S. The third-order valence-corrected chi connectivity index (χ3v) is 8.10. The molecule has 0 amide bonds. The Labute approximate surface area is 211 Å². The summed E-state index contributed by atoms with van der Waals surface area (Å²) in [5.41, 5.74) is 1.16. The number of unbranched alkanes of at least 4 members (excludes halogenated alkanes) is 1. The number of carboxylic acids is 1. The topological polar surface area (TPSA) is 76.0 Å². The van der Waals surface area contributed by atoms with E-state index in [1.165, 1.54) is 4.70 Å². The fraction of sp³-hybridized carbons (Fsp3) is 0.483. The van der Waals surface area contributed by atoms with Gasteiger partial charge in [0.2, 0.25) is 0 Å². The molecule has 1 saturated carbocycles. The first-order valence-electron chi connectivity index (χ1n) is 12.7. The Morgan fingerprint density at radius 1 is 1.29 bits per heavy atom. The van der Waals surface area contributed by atoms with Gasteiger partial charge in [0.05, 0.1) is 6.10 Å². The second kappa shape index (κ2) is 12.6. The molecule has 2 aliphatic rings. The molecule has 1 saturated heterocycles. The Morgan fingerprint density at radius 2 is 2.14 bits per heavy atom. The van der Waals surface area contributed by atoms with Gasteiger partial charge < -0.3 is 19.7 Å². The molecule has 5 atom stereocenters. The fourth-order valence-electron chi connectivity index (χ4n) is 5.02. The van der Waals surface area contributed by atoms with Crippen molar-refractivity contribution in [2.24, 2.45) is 11.8 Å². The number of thiophene rings is 1. The van der Waals surface area contributed by atoms with E-state index in [2.05, 4.69) is 43.0 Å². The molecule has 1 aromatic carbocycles. The Kier molecular flexibility index (Phi) is 9.32. The molecule has 2 unspecified atom stereocenters. The Bertz CT molecular complexity index is 1020. The van der Waals surface area contributed by atoms with E-state index in [-0.39, 0.29) is 30.7 Å². The molecule has 188 valence electrons. The monoisotopic (exact) mass is 496 g/mol. The van der Waals surface area contributed by atoms with Gasteiger partial charge in [0.15, 0.2) is 6.29 Å². The average molecular weight is 497 g/mol. The summed E-state index contributed by atoms with van der Waals surface area (Å²) in [6.07, 6.45) is 13.7. The average Bonchev–Trinajstić information content (AvgIpc) is 3.41. The van der Waals surface area contributed by atoms with Gasteiger partial charge in [0, 0.05) is 28.5 Å². The zero-order chi connectivity index (χ0) is 24.6. The molecule has 2 aromatic rings. The van der Waals surface area contributed by atoms with Crippen LogP contribution in [0.5, 0.6) is 0 Å². The van der Waals surface area contributed by atoms with Crippen molar-refractivity contribution in [1.82, 2.24) is 0 Å². The summed E-state index contributed by atoms with van der Waals surface area (Å²) in [7, 11) is 0. The molecule has 1 aliphatic carbocycles. The van der Waals surface area contributed by atoms with Crippen molar-refractivity contribution in [3.63, 3.8) is 0 Å². The number of fused-ring (bicyclic) bond motifs is 1. The normalized spacial score (nSPS) is 26.3. The van der Waals surface area contributed by atoms with Crippen molar-refractivity contribution >= 4 is 27.4 Å². The number of aliphatic hydroxyl groups is 1. The lowest BCUT2D eigenvalue weighted by Crippen LogP contribution is -2.30. The number of carbonyl (C=O) groups is 1. The summed E-state index contributed by atoms with van der Waals surface area (Å²) in [4.78, 5) is 11.7. The number of benzene rings is 1. The van der Waals surface area contributed by atoms with Crippen LogP contribution in [0.25, 0.3) is 10.1 Å². The van der Waals surface area contributed by atoms with Crippen molar-refractivity contribution in [3.05, 3.63) is 71.7 Å². The van der Waals surface area contributed by atoms with Crippen LogP contribution in [0.15, 0.2) is 66.8 Å². The van der Waals surface area contributed by atoms with Crippen LogP contribution in [-0.4, -0.2) is 35.2 Å². The summed E-state index contributed by atoms with van der Waals surface area (Å²) >= 11 is 1.62. The maximum Gasteiger partial charge on any atom is 0.303 e.